The van der Waals surface area contributed by atoms with Crippen LogP contribution in [-0.4, -0.2) is 7.11 Å². The zero-order valence-electron chi connectivity index (χ0n) is 8.60. The van der Waals surface area contributed by atoms with Gasteiger partial charge in [0.1, 0.15) is 5.75 Å². The summed E-state index contributed by atoms with van der Waals surface area (Å²) < 4.78 is 6.30. The van der Waals surface area contributed by atoms with Gasteiger partial charge in [0.2, 0.25) is 0 Å². The number of hydrogen-bond donors (Lipinski definition) is 0. The van der Waals surface area contributed by atoms with Crippen LogP contribution in [0.1, 0.15) is 25.0 Å². The lowest BCUT2D eigenvalue weighted by atomic mass is 9.87. The fourth-order valence-electron chi connectivity index (χ4n) is 1.81. The third kappa shape index (κ3) is 1.38. The predicted octanol–water partition coefficient (Wildman–Crippen LogP) is 3.76. The molecule has 0 N–H and O–H groups in total. The molecular formula is C12H13BrO. The van der Waals surface area contributed by atoms with Crippen LogP contribution >= 0.6 is 15.9 Å². The minimum absolute atomic E-state index is 0.128. The van der Waals surface area contributed by atoms with Gasteiger partial charge in [-0.25, -0.2) is 0 Å². The van der Waals surface area contributed by atoms with Gasteiger partial charge < -0.3 is 4.74 Å². The Kier molecular flexibility index (Phi) is 2.18. The van der Waals surface area contributed by atoms with Crippen LogP contribution in [0, 0.1) is 0 Å². The summed E-state index contributed by atoms with van der Waals surface area (Å²) in [7, 11) is 1.70. The lowest BCUT2D eigenvalue weighted by Gasteiger charge is -2.19. The van der Waals surface area contributed by atoms with Crippen molar-refractivity contribution in [2.75, 3.05) is 7.11 Å². The van der Waals surface area contributed by atoms with E-state index in [1.165, 1.54) is 11.1 Å². The molecule has 0 saturated carbocycles. The number of methoxy groups -OCH3 is 1. The first-order valence-electron chi connectivity index (χ1n) is 4.62. The Morgan fingerprint density at radius 1 is 1.29 bits per heavy atom. The summed E-state index contributed by atoms with van der Waals surface area (Å²) in [5.41, 5.74) is 2.74. The van der Waals surface area contributed by atoms with E-state index in [4.69, 9.17) is 4.74 Å². The molecule has 1 aliphatic carbocycles. The maximum atomic E-state index is 5.29. The molecule has 0 atom stereocenters. The Balaban J connectivity index is 2.61. The summed E-state index contributed by atoms with van der Waals surface area (Å²) in [5, 5.41) is 0. The van der Waals surface area contributed by atoms with Crippen molar-refractivity contribution in [3.8, 4) is 5.75 Å². The maximum absolute atomic E-state index is 5.29. The number of halogens is 1. The van der Waals surface area contributed by atoms with Gasteiger partial charge in [0.05, 0.1) is 11.6 Å². The number of ether oxygens (including phenoxy) is 1. The van der Waals surface area contributed by atoms with Gasteiger partial charge in [-0.05, 0) is 39.2 Å². The standard InChI is InChI=1S/C12H13BrO/c1-12(2)5-4-8-6-10(13)11(14-3)7-9(8)12/h4-7H,1-3H3. The molecule has 1 aromatic carbocycles. The minimum Gasteiger partial charge on any atom is -0.496 e. The summed E-state index contributed by atoms with van der Waals surface area (Å²) in [6.07, 6.45) is 4.39. The highest BCUT2D eigenvalue weighted by Gasteiger charge is 2.25. The van der Waals surface area contributed by atoms with E-state index in [0.717, 1.165) is 10.2 Å². The van der Waals surface area contributed by atoms with Crippen LogP contribution in [0.15, 0.2) is 22.7 Å². The second-order valence-electron chi connectivity index (χ2n) is 4.13. The fourth-order valence-corrected chi connectivity index (χ4v) is 2.33. The molecule has 1 nitrogen and oxygen atoms in total. The van der Waals surface area contributed by atoms with Gasteiger partial charge in [-0.15, -0.1) is 0 Å². The Labute approximate surface area is 92.9 Å². The Bertz CT molecular complexity index is 405. The van der Waals surface area contributed by atoms with Gasteiger partial charge in [-0.3, -0.25) is 0 Å². The normalized spacial score (nSPS) is 16.9. The number of hydrogen-bond acceptors (Lipinski definition) is 1. The van der Waals surface area contributed by atoms with Gasteiger partial charge in [-0.2, -0.15) is 0 Å². The van der Waals surface area contributed by atoms with Crippen molar-refractivity contribution in [1.29, 1.82) is 0 Å². The van der Waals surface area contributed by atoms with Crippen molar-refractivity contribution in [3.05, 3.63) is 33.8 Å². The van der Waals surface area contributed by atoms with Crippen molar-refractivity contribution in [1.82, 2.24) is 0 Å². The zero-order valence-corrected chi connectivity index (χ0v) is 10.2. The molecule has 0 aromatic heterocycles. The van der Waals surface area contributed by atoms with E-state index in [9.17, 15) is 0 Å². The van der Waals surface area contributed by atoms with Crippen molar-refractivity contribution in [3.63, 3.8) is 0 Å². The molecule has 0 fully saturated rings. The van der Waals surface area contributed by atoms with Gasteiger partial charge in [0.25, 0.3) is 0 Å². The number of rotatable bonds is 1. The van der Waals surface area contributed by atoms with E-state index in [-0.39, 0.29) is 5.41 Å². The molecule has 0 spiro atoms. The molecule has 0 saturated heterocycles. The van der Waals surface area contributed by atoms with E-state index in [1.807, 2.05) is 0 Å². The average Bonchev–Trinajstić information content (AvgIpc) is 2.41. The Hall–Kier alpha value is -0.760. The number of benzene rings is 1. The summed E-state index contributed by atoms with van der Waals surface area (Å²) >= 11 is 3.49. The van der Waals surface area contributed by atoms with E-state index in [2.05, 4.69) is 54.1 Å². The molecule has 2 heteroatoms. The molecule has 0 amide bonds. The predicted molar refractivity (Wildman–Crippen MR) is 62.8 cm³/mol. The molecular weight excluding hydrogens is 240 g/mol. The third-order valence-electron chi connectivity index (χ3n) is 2.70. The molecule has 0 heterocycles. The molecule has 2 rings (SSSR count). The summed E-state index contributed by atoms with van der Waals surface area (Å²) in [6.45, 7) is 4.42. The molecule has 0 unspecified atom stereocenters. The van der Waals surface area contributed by atoms with Crippen LogP contribution in [0.3, 0.4) is 0 Å². The van der Waals surface area contributed by atoms with Crippen LogP contribution in [0.4, 0.5) is 0 Å². The minimum atomic E-state index is 0.128. The molecule has 14 heavy (non-hydrogen) atoms. The lowest BCUT2D eigenvalue weighted by molar-refractivity contribution is 0.411. The van der Waals surface area contributed by atoms with Crippen molar-refractivity contribution < 1.29 is 4.74 Å². The quantitative estimate of drug-likeness (QED) is 0.740. The van der Waals surface area contributed by atoms with Gasteiger partial charge in [0, 0.05) is 5.41 Å². The van der Waals surface area contributed by atoms with Crippen molar-refractivity contribution >= 4 is 22.0 Å². The van der Waals surface area contributed by atoms with Gasteiger partial charge >= 0.3 is 0 Å². The molecule has 74 valence electrons. The van der Waals surface area contributed by atoms with Crippen molar-refractivity contribution in [2.45, 2.75) is 19.3 Å². The molecule has 0 aliphatic heterocycles. The highest BCUT2D eigenvalue weighted by molar-refractivity contribution is 9.10. The van der Waals surface area contributed by atoms with Gasteiger partial charge in [-0.1, -0.05) is 26.0 Å². The smallest absolute Gasteiger partial charge is 0.133 e. The molecule has 0 bridgehead atoms. The maximum Gasteiger partial charge on any atom is 0.133 e. The van der Waals surface area contributed by atoms with E-state index in [0.29, 0.717) is 0 Å². The highest BCUT2D eigenvalue weighted by Crippen LogP contribution is 2.40. The first-order chi connectivity index (χ1) is 6.54. The number of fused-ring (bicyclic) bond motifs is 1. The Morgan fingerprint density at radius 3 is 2.64 bits per heavy atom. The SMILES string of the molecule is COc1cc2c(cc1Br)C=CC2(C)C. The van der Waals surface area contributed by atoms with Crippen LogP contribution < -0.4 is 4.74 Å². The van der Waals surface area contributed by atoms with Gasteiger partial charge in [0.15, 0.2) is 0 Å². The highest BCUT2D eigenvalue weighted by atomic mass is 79.9. The summed E-state index contributed by atoms with van der Waals surface area (Å²) in [5.74, 6) is 0.903. The second-order valence-corrected chi connectivity index (χ2v) is 4.98. The fraction of sp³-hybridized carbons (Fsp3) is 0.333. The van der Waals surface area contributed by atoms with E-state index in [1.54, 1.807) is 7.11 Å². The van der Waals surface area contributed by atoms with E-state index < -0.39 is 0 Å². The lowest BCUT2D eigenvalue weighted by Crippen LogP contribution is -2.10. The third-order valence-corrected chi connectivity index (χ3v) is 3.32. The van der Waals surface area contributed by atoms with Crippen LogP contribution in [-0.2, 0) is 5.41 Å². The monoisotopic (exact) mass is 252 g/mol. The molecule has 1 aromatic rings. The second kappa shape index (κ2) is 3.13. The summed E-state index contributed by atoms with van der Waals surface area (Å²) in [6, 6.07) is 4.22. The van der Waals surface area contributed by atoms with Crippen LogP contribution in [0.5, 0.6) is 5.75 Å². The average molecular weight is 253 g/mol. The van der Waals surface area contributed by atoms with Crippen molar-refractivity contribution in [2.24, 2.45) is 0 Å². The van der Waals surface area contributed by atoms with E-state index >= 15 is 0 Å². The first-order valence-corrected chi connectivity index (χ1v) is 5.41. The molecule has 1 aliphatic rings. The number of allylic oxidation sites excluding steroid dienone is 1. The Morgan fingerprint density at radius 2 is 2.00 bits per heavy atom. The largest absolute Gasteiger partial charge is 0.496 e. The molecule has 0 radical (unpaired) electrons. The topological polar surface area (TPSA) is 9.23 Å². The van der Waals surface area contributed by atoms with Crippen LogP contribution in [0.25, 0.3) is 6.08 Å². The zero-order chi connectivity index (χ0) is 10.3. The first kappa shape index (κ1) is 9.78. The summed E-state index contributed by atoms with van der Waals surface area (Å²) in [4.78, 5) is 0. The van der Waals surface area contributed by atoms with Crippen LogP contribution in [0.2, 0.25) is 0 Å².